The van der Waals surface area contributed by atoms with E-state index in [1.807, 2.05) is 18.3 Å². The van der Waals surface area contributed by atoms with Gasteiger partial charge in [0.05, 0.1) is 12.0 Å². The summed E-state index contributed by atoms with van der Waals surface area (Å²) in [5.41, 5.74) is 7.19. The Morgan fingerprint density at radius 3 is 2.41 bits per heavy atom. The number of nitrogens with zero attached hydrogens (tertiary/aromatic N) is 4. The standard InChI is InChI=1S/C15H23FN2O.C15H21N3O2.CH4O/c1-3-4-11-19-15-6-5-13(12-14(15)16)18-9-7-17(2)8-10-18;16-14(20)15(4-2-10-19)5-8-18(9-6-15)12-13-3-1-7-17-11-13;1-2/h5-6,12H,3-4,7-11H2,1-2H3;1,3,7,10-11H,2,4-6,8-9,12H2,(H2,16,20);2H,1H3. The number of hydrogen-bond donors (Lipinski definition) is 2. The molecule has 0 saturated carbocycles. The maximum atomic E-state index is 13.9. The van der Waals surface area contributed by atoms with Gasteiger partial charge in [-0.2, -0.15) is 0 Å². The molecular formula is C31H48FN5O4. The zero-order chi connectivity index (χ0) is 30.1. The minimum Gasteiger partial charge on any atom is -0.491 e. The van der Waals surface area contributed by atoms with Crippen molar-refractivity contribution < 1.29 is 23.8 Å². The molecule has 0 atom stereocenters. The van der Waals surface area contributed by atoms with Crippen molar-refractivity contribution >= 4 is 17.9 Å². The van der Waals surface area contributed by atoms with Gasteiger partial charge in [0.25, 0.3) is 0 Å². The van der Waals surface area contributed by atoms with E-state index in [1.165, 1.54) is 5.56 Å². The quantitative estimate of drug-likeness (QED) is 0.310. The number of likely N-dealkylation sites (tertiary alicyclic amines) is 1. The van der Waals surface area contributed by atoms with Crippen LogP contribution in [0.4, 0.5) is 10.1 Å². The van der Waals surface area contributed by atoms with Crippen LogP contribution in [0, 0.1) is 11.2 Å². The van der Waals surface area contributed by atoms with Crippen LogP contribution in [-0.2, 0) is 16.1 Å². The second kappa shape index (κ2) is 18.4. The molecule has 2 aliphatic rings. The molecule has 2 saturated heterocycles. The van der Waals surface area contributed by atoms with Crippen LogP contribution in [0.25, 0.3) is 0 Å². The number of anilines is 1. The van der Waals surface area contributed by atoms with Crippen LogP contribution in [0.5, 0.6) is 5.75 Å². The van der Waals surface area contributed by atoms with Gasteiger partial charge in [-0.3, -0.25) is 14.7 Å². The molecule has 228 valence electrons. The lowest BCUT2D eigenvalue weighted by atomic mass is 9.74. The zero-order valence-electron chi connectivity index (χ0n) is 24.9. The van der Waals surface area contributed by atoms with Crippen LogP contribution in [0.1, 0.15) is 51.0 Å². The molecule has 3 heterocycles. The molecule has 41 heavy (non-hydrogen) atoms. The van der Waals surface area contributed by atoms with Crippen LogP contribution in [0.2, 0.25) is 0 Å². The van der Waals surface area contributed by atoms with E-state index in [9.17, 15) is 14.0 Å². The Hall–Kier alpha value is -3.08. The molecule has 0 bridgehead atoms. The molecule has 4 rings (SSSR count). The van der Waals surface area contributed by atoms with Gasteiger partial charge in [-0.25, -0.2) is 4.39 Å². The van der Waals surface area contributed by atoms with E-state index in [4.69, 9.17) is 15.6 Å². The molecule has 9 nitrogen and oxygen atoms in total. The van der Waals surface area contributed by atoms with E-state index in [2.05, 4.69) is 39.7 Å². The van der Waals surface area contributed by atoms with E-state index < -0.39 is 5.41 Å². The van der Waals surface area contributed by atoms with E-state index in [1.54, 1.807) is 18.3 Å². The zero-order valence-corrected chi connectivity index (χ0v) is 24.9. The van der Waals surface area contributed by atoms with Gasteiger partial charge in [0.2, 0.25) is 5.91 Å². The average Bonchev–Trinajstić information content (AvgIpc) is 3.00. The molecule has 10 heteroatoms. The first-order chi connectivity index (χ1) is 19.9. The van der Waals surface area contributed by atoms with Crippen LogP contribution in [0.3, 0.4) is 0 Å². The highest BCUT2D eigenvalue weighted by molar-refractivity contribution is 5.81. The number of carbonyl (C=O) groups excluding carboxylic acids is 2. The number of ether oxygens (including phenoxy) is 1. The molecule has 2 aliphatic heterocycles. The van der Waals surface area contributed by atoms with Crippen molar-refractivity contribution in [1.82, 2.24) is 14.8 Å². The smallest absolute Gasteiger partial charge is 0.223 e. The van der Waals surface area contributed by atoms with Gasteiger partial charge in [-0.1, -0.05) is 19.4 Å². The van der Waals surface area contributed by atoms with E-state index >= 15 is 0 Å². The maximum absolute atomic E-state index is 13.9. The Morgan fingerprint density at radius 2 is 1.85 bits per heavy atom. The number of aliphatic hydroxyl groups excluding tert-OH is 1. The minimum absolute atomic E-state index is 0.257. The maximum Gasteiger partial charge on any atom is 0.223 e. The number of piperidine rings is 1. The third kappa shape index (κ3) is 11.0. The minimum atomic E-state index is -0.494. The van der Waals surface area contributed by atoms with E-state index in [-0.39, 0.29) is 11.7 Å². The van der Waals surface area contributed by atoms with Crippen molar-refractivity contribution in [2.75, 3.05) is 64.9 Å². The third-order valence-corrected chi connectivity index (χ3v) is 7.74. The van der Waals surface area contributed by atoms with Crippen LogP contribution < -0.4 is 15.4 Å². The first-order valence-corrected chi connectivity index (χ1v) is 14.5. The number of primary amides is 1. The van der Waals surface area contributed by atoms with Crippen LogP contribution in [0.15, 0.2) is 42.7 Å². The molecule has 1 aromatic carbocycles. The Bertz CT molecular complexity index is 1030. The van der Waals surface area contributed by atoms with Crippen molar-refractivity contribution in [3.63, 3.8) is 0 Å². The molecule has 0 radical (unpaired) electrons. The summed E-state index contributed by atoms with van der Waals surface area (Å²) < 4.78 is 19.4. The molecular weight excluding hydrogens is 525 g/mol. The SMILES string of the molecule is CCCCOc1ccc(N2CCN(C)CC2)cc1F.CO.NC(=O)C1(CCC=O)CCN(Cc2cccnc2)CC1. The van der Waals surface area contributed by atoms with Crippen LogP contribution >= 0.6 is 0 Å². The first-order valence-electron chi connectivity index (χ1n) is 14.5. The van der Waals surface area contributed by atoms with E-state index in [0.29, 0.717) is 25.2 Å². The summed E-state index contributed by atoms with van der Waals surface area (Å²) in [6.07, 6.45) is 8.96. The highest BCUT2D eigenvalue weighted by Crippen LogP contribution is 2.36. The highest BCUT2D eigenvalue weighted by Gasteiger charge is 2.39. The van der Waals surface area contributed by atoms with Crippen molar-refractivity contribution in [3.8, 4) is 5.75 Å². The molecule has 0 aliphatic carbocycles. The molecule has 2 aromatic rings. The number of unbranched alkanes of at least 4 members (excludes halogenated alkanes) is 1. The van der Waals surface area contributed by atoms with Gasteiger partial charge in [0.1, 0.15) is 6.29 Å². The molecule has 0 spiro atoms. The number of aliphatic hydroxyl groups is 1. The number of hydrogen-bond acceptors (Lipinski definition) is 8. The molecule has 1 amide bonds. The predicted octanol–water partition coefficient (Wildman–Crippen LogP) is 3.49. The summed E-state index contributed by atoms with van der Waals surface area (Å²) >= 11 is 0. The van der Waals surface area contributed by atoms with E-state index in [0.717, 1.165) is 90.6 Å². The number of aromatic nitrogens is 1. The van der Waals surface area contributed by atoms with Gasteiger partial charge in [-0.05, 0) is 69.6 Å². The second-order valence-electron chi connectivity index (χ2n) is 10.6. The predicted molar refractivity (Wildman–Crippen MR) is 160 cm³/mol. The molecule has 2 fully saturated rings. The number of rotatable bonds is 11. The fourth-order valence-electron chi connectivity index (χ4n) is 5.04. The highest BCUT2D eigenvalue weighted by atomic mass is 19.1. The Balaban J connectivity index is 0.000000271. The molecule has 3 N–H and O–H groups in total. The third-order valence-electron chi connectivity index (χ3n) is 7.74. The van der Waals surface area contributed by atoms with Crippen molar-refractivity contribution in [3.05, 3.63) is 54.1 Å². The van der Waals surface area contributed by atoms with Crippen molar-refractivity contribution in [2.45, 2.75) is 52.0 Å². The lowest BCUT2D eigenvalue weighted by Crippen LogP contribution is -2.47. The number of carbonyl (C=O) groups is 2. The lowest BCUT2D eigenvalue weighted by Gasteiger charge is -2.39. The Labute approximate surface area is 244 Å². The van der Waals surface area contributed by atoms with Gasteiger partial charge < -0.3 is 30.2 Å². The second-order valence-corrected chi connectivity index (χ2v) is 10.6. The summed E-state index contributed by atoms with van der Waals surface area (Å²) in [5.74, 6) is -0.153. The van der Waals surface area contributed by atoms with Crippen molar-refractivity contribution in [1.29, 1.82) is 0 Å². The fourth-order valence-corrected chi connectivity index (χ4v) is 5.04. The summed E-state index contributed by atoms with van der Waals surface area (Å²) in [5, 5.41) is 7.00. The number of piperazine rings is 1. The number of halogens is 1. The number of amides is 1. The fraction of sp³-hybridized carbons (Fsp3) is 0.581. The summed E-state index contributed by atoms with van der Waals surface area (Å²) in [6, 6.07) is 9.27. The number of pyridine rings is 1. The normalized spacial score (nSPS) is 17.0. The van der Waals surface area contributed by atoms with Gasteiger partial charge in [-0.15, -0.1) is 0 Å². The van der Waals surface area contributed by atoms with Gasteiger partial charge in [0.15, 0.2) is 11.6 Å². The number of benzene rings is 1. The molecule has 1 aromatic heterocycles. The molecule has 0 unspecified atom stereocenters. The number of aldehydes is 1. The van der Waals surface area contributed by atoms with Gasteiger partial charge in [0, 0.05) is 70.4 Å². The number of likely N-dealkylation sites (N-methyl/N-ethyl adjacent to an activating group) is 1. The summed E-state index contributed by atoms with van der Waals surface area (Å²) in [4.78, 5) is 33.2. The first kappa shape index (κ1) is 34.1. The van der Waals surface area contributed by atoms with Gasteiger partial charge >= 0.3 is 0 Å². The van der Waals surface area contributed by atoms with Crippen LogP contribution in [-0.4, -0.2) is 92.1 Å². The Kier molecular flexibility index (Phi) is 15.3. The van der Waals surface area contributed by atoms with Crippen molar-refractivity contribution in [2.24, 2.45) is 11.1 Å². The largest absolute Gasteiger partial charge is 0.491 e. The Morgan fingerprint density at radius 1 is 1.15 bits per heavy atom. The average molecular weight is 574 g/mol. The summed E-state index contributed by atoms with van der Waals surface area (Å²) in [7, 11) is 3.11. The topological polar surface area (TPSA) is 112 Å². The summed E-state index contributed by atoms with van der Waals surface area (Å²) in [6.45, 7) is 9.13. The monoisotopic (exact) mass is 573 g/mol. The number of nitrogens with two attached hydrogens (primary N) is 1. The lowest BCUT2D eigenvalue weighted by molar-refractivity contribution is -0.131.